The first-order chi connectivity index (χ1) is 11.8. The van der Waals surface area contributed by atoms with Gasteiger partial charge in [0, 0.05) is 45.2 Å². The average molecular weight is 463 g/mol. The van der Waals surface area contributed by atoms with E-state index in [1.807, 2.05) is 6.92 Å². The Morgan fingerprint density at radius 2 is 2.00 bits per heavy atom. The van der Waals surface area contributed by atoms with Gasteiger partial charge in [0.2, 0.25) is 5.91 Å². The van der Waals surface area contributed by atoms with Crippen molar-refractivity contribution in [2.45, 2.75) is 19.3 Å². The molecule has 1 atom stereocenters. The van der Waals surface area contributed by atoms with E-state index in [1.54, 1.807) is 7.05 Å². The Hall–Kier alpha value is -1.69. The second-order valence-electron chi connectivity index (χ2n) is 5.84. The molecule has 1 fully saturated rings. The van der Waals surface area contributed by atoms with Crippen molar-refractivity contribution >= 4 is 40.4 Å². The molecule has 1 aromatic heterocycles. The molecule has 0 saturated carbocycles. The number of anilines is 1. The van der Waals surface area contributed by atoms with Gasteiger partial charge < -0.3 is 14.9 Å². The van der Waals surface area contributed by atoms with Crippen LogP contribution in [0.2, 0.25) is 0 Å². The molecule has 0 bridgehead atoms. The zero-order chi connectivity index (χ0) is 18.6. The molecule has 2 rings (SSSR count). The molecule has 25 heavy (non-hydrogen) atoms. The van der Waals surface area contributed by atoms with Crippen molar-refractivity contribution in [3.05, 3.63) is 15.6 Å². The summed E-state index contributed by atoms with van der Waals surface area (Å²) in [4.78, 5) is 40.3. The molecule has 1 aliphatic rings. The maximum atomic E-state index is 12.1. The standard InChI is InChI=1S/C15H22IN5O4/c1-10(8-11(22)19(2)25-3)12-13(16)17-9-18-14(12)20-4-6-21(7-5-20)15(23)24/h9-10H,4-8H2,1-3H3,(H,23,24)/t10-/m1/s1. The number of hydrogen-bond donors (Lipinski definition) is 1. The van der Waals surface area contributed by atoms with Crippen LogP contribution in [0.25, 0.3) is 0 Å². The molecule has 10 heteroatoms. The lowest BCUT2D eigenvalue weighted by molar-refractivity contribution is -0.169. The van der Waals surface area contributed by atoms with Crippen LogP contribution in [0.5, 0.6) is 0 Å². The van der Waals surface area contributed by atoms with Gasteiger partial charge in [-0.25, -0.2) is 19.8 Å². The Labute approximate surface area is 160 Å². The summed E-state index contributed by atoms with van der Waals surface area (Å²) < 4.78 is 0.795. The van der Waals surface area contributed by atoms with E-state index in [1.165, 1.54) is 23.4 Å². The van der Waals surface area contributed by atoms with Gasteiger partial charge in [-0.3, -0.25) is 9.63 Å². The van der Waals surface area contributed by atoms with Crippen LogP contribution in [0.15, 0.2) is 6.33 Å². The second-order valence-corrected chi connectivity index (χ2v) is 6.86. The summed E-state index contributed by atoms with van der Waals surface area (Å²) in [7, 11) is 3.03. The normalized spacial score (nSPS) is 15.8. The quantitative estimate of drug-likeness (QED) is 0.401. The van der Waals surface area contributed by atoms with Gasteiger partial charge in [-0.2, -0.15) is 0 Å². The zero-order valence-corrected chi connectivity index (χ0v) is 16.6. The van der Waals surface area contributed by atoms with E-state index in [9.17, 15) is 9.59 Å². The van der Waals surface area contributed by atoms with Crippen molar-refractivity contribution in [3.8, 4) is 0 Å². The van der Waals surface area contributed by atoms with Gasteiger partial charge in [0.25, 0.3) is 0 Å². The van der Waals surface area contributed by atoms with Crippen LogP contribution >= 0.6 is 22.6 Å². The van der Waals surface area contributed by atoms with Crippen LogP contribution < -0.4 is 4.90 Å². The molecule has 2 heterocycles. The van der Waals surface area contributed by atoms with E-state index in [0.29, 0.717) is 26.2 Å². The molecule has 0 spiro atoms. The monoisotopic (exact) mass is 463 g/mol. The largest absolute Gasteiger partial charge is 0.465 e. The zero-order valence-electron chi connectivity index (χ0n) is 14.5. The number of halogens is 1. The number of amides is 2. The Bertz CT molecular complexity index is 636. The molecule has 1 aliphatic heterocycles. The fourth-order valence-corrected chi connectivity index (χ4v) is 3.64. The van der Waals surface area contributed by atoms with E-state index in [0.717, 1.165) is 15.1 Å². The fourth-order valence-electron chi connectivity index (χ4n) is 2.75. The number of carbonyl (C=O) groups excluding carboxylic acids is 1. The summed E-state index contributed by atoms with van der Waals surface area (Å²) in [5, 5.41) is 10.3. The van der Waals surface area contributed by atoms with Crippen LogP contribution in [-0.4, -0.2) is 77.4 Å². The third kappa shape index (κ3) is 4.69. The molecule has 1 aromatic rings. The predicted octanol–water partition coefficient (Wildman–Crippen LogP) is 1.39. The van der Waals surface area contributed by atoms with Crippen LogP contribution in [0.1, 0.15) is 24.8 Å². The van der Waals surface area contributed by atoms with Crippen LogP contribution in [0.3, 0.4) is 0 Å². The number of aromatic nitrogens is 2. The van der Waals surface area contributed by atoms with Crippen molar-refractivity contribution in [1.29, 1.82) is 0 Å². The van der Waals surface area contributed by atoms with Gasteiger partial charge >= 0.3 is 6.09 Å². The lowest BCUT2D eigenvalue weighted by Crippen LogP contribution is -2.49. The molecular weight excluding hydrogens is 441 g/mol. The van der Waals surface area contributed by atoms with Gasteiger partial charge in [-0.1, -0.05) is 6.92 Å². The van der Waals surface area contributed by atoms with Crippen molar-refractivity contribution in [2.75, 3.05) is 45.2 Å². The van der Waals surface area contributed by atoms with Gasteiger partial charge in [0.05, 0.1) is 7.11 Å². The first-order valence-electron chi connectivity index (χ1n) is 7.89. The van der Waals surface area contributed by atoms with E-state index < -0.39 is 6.09 Å². The lowest BCUT2D eigenvalue weighted by Gasteiger charge is -2.35. The molecule has 1 saturated heterocycles. The maximum Gasteiger partial charge on any atom is 0.407 e. The van der Waals surface area contributed by atoms with Gasteiger partial charge in [0.1, 0.15) is 15.8 Å². The van der Waals surface area contributed by atoms with Crippen molar-refractivity contribution in [2.24, 2.45) is 0 Å². The topological polar surface area (TPSA) is 99.1 Å². The minimum atomic E-state index is -0.904. The minimum absolute atomic E-state index is 0.0919. The third-order valence-electron chi connectivity index (χ3n) is 4.26. The number of hydrogen-bond acceptors (Lipinski definition) is 6. The smallest absolute Gasteiger partial charge is 0.407 e. The van der Waals surface area contributed by atoms with Gasteiger partial charge in [-0.05, 0) is 28.5 Å². The number of rotatable bonds is 5. The molecule has 0 radical (unpaired) electrons. The summed E-state index contributed by atoms with van der Waals surface area (Å²) >= 11 is 2.15. The van der Waals surface area contributed by atoms with Crippen LogP contribution in [0.4, 0.5) is 10.6 Å². The van der Waals surface area contributed by atoms with E-state index in [-0.39, 0.29) is 18.2 Å². The molecule has 0 aliphatic carbocycles. The summed E-state index contributed by atoms with van der Waals surface area (Å²) in [6, 6.07) is 0. The molecule has 0 unspecified atom stereocenters. The number of carbonyl (C=O) groups is 2. The summed E-state index contributed by atoms with van der Waals surface area (Å²) in [6.45, 7) is 3.93. The summed E-state index contributed by atoms with van der Waals surface area (Å²) in [6.07, 6.45) is 0.870. The van der Waals surface area contributed by atoms with Crippen LogP contribution in [0, 0.1) is 3.70 Å². The predicted molar refractivity (Wildman–Crippen MR) is 99.4 cm³/mol. The molecular formula is C15H22IN5O4. The number of hydroxylamine groups is 2. The molecule has 0 aromatic carbocycles. The van der Waals surface area contributed by atoms with Crippen LogP contribution in [-0.2, 0) is 9.63 Å². The Morgan fingerprint density at radius 3 is 2.56 bits per heavy atom. The van der Waals surface area contributed by atoms with Gasteiger partial charge in [-0.15, -0.1) is 0 Å². The maximum absolute atomic E-state index is 12.1. The lowest BCUT2D eigenvalue weighted by atomic mass is 9.98. The van der Waals surface area contributed by atoms with Crippen molar-refractivity contribution in [3.63, 3.8) is 0 Å². The highest BCUT2D eigenvalue weighted by atomic mass is 127. The summed E-state index contributed by atoms with van der Waals surface area (Å²) in [5.74, 6) is 0.548. The second kappa shape index (κ2) is 8.61. The van der Waals surface area contributed by atoms with E-state index >= 15 is 0 Å². The first-order valence-corrected chi connectivity index (χ1v) is 8.96. The Balaban J connectivity index is 2.19. The van der Waals surface area contributed by atoms with E-state index in [4.69, 9.17) is 9.94 Å². The van der Waals surface area contributed by atoms with Crippen molar-refractivity contribution in [1.82, 2.24) is 19.9 Å². The summed E-state index contributed by atoms with van der Waals surface area (Å²) in [5.41, 5.74) is 0.907. The fraction of sp³-hybridized carbons (Fsp3) is 0.600. The van der Waals surface area contributed by atoms with Crippen molar-refractivity contribution < 1.29 is 19.5 Å². The molecule has 1 N–H and O–H groups in total. The minimum Gasteiger partial charge on any atom is -0.465 e. The highest BCUT2D eigenvalue weighted by Crippen LogP contribution is 2.31. The van der Waals surface area contributed by atoms with Gasteiger partial charge in [0.15, 0.2) is 0 Å². The third-order valence-corrected chi connectivity index (χ3v) is 5.12. The first kappa shape index (κ1) is 19.6. The highest BCUT2D eigenvalue weighted by Gasteiger charge is 2.27. The highest BCUT2D eigenvalue weighted by molar-refractivity contribution is 14.1. The SMILES string of the molecule is CON(C)C(=O)C[C@@H](C)c1c(I)ncnc1N1CCN(C(=O)O)CC1. The van der Waals surface area contributed by atoms with E-state index in [2.05, 4.69) is 37.5 Å². The number of carboxylic acid groups (broad SMARTS) is 1. The molecule has 2 amide bonds. The Morgan fingerprint density at radius 1 is 1.36 bits per heavy atom. The average Bonchev–Trinajstić information content (AvgIpc) is 2.60. The number of nitrogens with zero attached hydrogens (tertiary/aromatic N) is 5. The number of piperazine rings is 1. The molecule has 9 nitrogen and oxygen atoms in total. The Kier molecular flexibility index (Phi) is 6.76. The molecule has 138 valence electrons.